The van der Waals surface area contributed by atoms with Gasteiger partial charge < -0.3 is 10.6 Å². The number of amides is 2. The Hall–Kier alpha value is -1.06. The first-order valence-electron chi connectivity index (χ1n) is 11.3. The van der Waals surface area contributed by atoms with E-state index in [4.69, 9.17) is 0 Å². The summed E-state index contributed by atoms with van der Waals surface area (Å²) in [5.74, 6) is 0.319. The Bertz CT molecular complexity index is 549. The van der Waals surface area contributed by atoms with Crippen molar-refractivity contribution in [2.45, 2.75) is 113 Å². The lowest BCUT2D eigenvalue weighted by Crippen LogP contribution is -2.53. The molecule has 2 N–H and O–H groups in total. The summed E-state index contributed by atoms with van der Waals surface area (Å²) in [5.41, 5.74) is -0.487. The standard InChI is InChI=1S/C24H46N2O2/c1-10-13-22(6,7)19(27)26-18-14-21(4,5)16-23(8,15-18)17-25-20(28)24(9,11-2)12-3/h18H,10-17H2,1-9H3,(H,25,28)(H,26,27). The first-order valence-corrected chi connectivity index (χ1v) is 11.3. The number of nitrogens with one attached hydrogen (secondary N) is 2. The van der Waals surface area contributed by atoms with Crippen molar-refractivity contribution in [2.75, 3.05) is 6.54 Å². The maximum atomic E-state index is 12.8. The molecule has 2 atom stereocenters. The van der Waals surface area contributed by atoms with E-state index in [1.165, 1.54) is 0 Å². The Morgan fingerprint density at radius 3 is 2.04 bits per heavy atom. The van der Waals surface area contributed by atoms with Crippen molar-refractivity contribution in [1.82, 2.24) is 10.6 Å². The molecule has 4 nitrogen and oxygen atoms in total. The average molecular weight is 395 g/mol. The van der Waals surface area contributed by atoms with E-state index in [0.717, 1.165) is 44.9 Å². The van der Waals surface area contributed by atoms with Crippen LogP contribution in [0, 0.1) is 21.7 Å². The summed E-state index contributed by atoms with van der Waals surface area (Å²) in [6, 6.07) is 0.165. The highest BCUT2D eigenvalue weighted by molar-refractivity contribution is 5.82. The van der Waals surface area contributed by atoms with Crippen LogP contribution < -0.4 is 10.6 Å². The van der Waals surface area contributed by atoms with E-state index in [0.29, 0.717) is 6.54 Å². The lowest BCUT2D eigenvalue weighted by Gasteiger charge is -2.47. The molecule has 2 amide bonds. The molecule has 1 saturated carbocycles. The van der Waals surface area contributed by atoms with E-state index >= 15 is 0 Å². The molecule has 0 aromatic carbocycles. The van der Waals surface area contributed by atoms with Gasteiger partial charge in [0.25, 0.3) is 0 Å². The number of hydrogen-bond acceptors (Lipinski definition) is 2. The Morgan fingerprint density at radius 1 is 0.964 bits per heavy atom. The molecule has 0 saturated heterocycles. The molecule has 1 aliphatic rings. The minimum Gasteiger partial charge on any atom is -0.355 e. The van der Waals surface area contributed by atoms with Gasteiger partial charge in [0.05, 0.1) is 0 Å². The zero-order valence-corrected chi connectivity index (χ0v) is 20.1. The molecule has 4 heteroatoms. The largest absolute Gasteiger partial charge is 0.355 e. The monoisotopic (exact) mass is 394 g/mol. The Labute approximate surface area is 174 Å². The second-order valence-electron chi connectivity index (χ2n) is 11.3. The van der Waals surface area contributed by atoms with Crippen LogP contribution in [0.5, 0.6) is 0 Å². The van der Waals surface area contributed by atoms with Crippen LogP contribution in [0.15, 0.2) is 0 Å². The highest BCUT2D eigenvalue weighted by atomic mass is 16.2. The number of rotatable bonds is 9. The normalized spacial score (nSPS) is 25.2. The van der Waals surface area contributed by atoms with Crippen LogP contribution in [0.4, 0.5) is 0 Å². The van der Waals surface area contributed by atoms with Crippen LogP contribution in [0.3, 0.4) is 0 Å². The topological polar surface area (TPSA) is 58.2 Å². The Morgan fingerprint density at radius 2 is 1.54 bits per heavy atom. The molecule has 0 aliphatic heterocycles. The van der Waals surface area contributed by atoms with Gasteiger partial charge in [0.1, 0.15) is 0 Å². The molecule has 1 aliphatic carbocycles. The van der Waals surface area contributed by atoms with Crippen molar-refractivity contribution in [3.05, 3.63) is 0 Å². The third kappa shape index (κ3) is 6.49. The fraction of sp³-hybridized carbons (Fsp3) is 0.917. The number of hydrogen-bond donors (Lipinski definition) is 2. The molecule has 1 rings (SSSR count). The zero-order valence-electron chi connectivity index (χ0n) is 20.1. The third-order valence-corrected chi connectivity index (χ3v) is 7.05. The highest BCUT2D eigenvalue weighted by Crippen LogP contribution is 2.46. The first-order chi connectivity index (χ1) is 12.7. The van der Waals surface area contributed by atoms with Gasteiger partial charge in [0.15, 0.2) is 0 Å². The van der Waals surface area contributed by atoms with Crippen molar-refractivity contribution < 1.29 is 9.59 Å². The molecule has 0 heterocycles. The fourth-order valence-corrected chi connectivity index (χ4v) is 5.07. The highest BCUT2D eigenvalue weighted by Gasteiger charge is 2.43. The lowest BCUT2D eigenvalue weighted by atomic mass is 9.62. The molecule has 28 heavy (non-hydrogen) atoms. The maximum absolute atomic E-state index is 12.8. The van der Waals surface area contributed by atoms with Gasteiger partial charge in [-0.1, -0.05) is 68.7 Å². The predicted octanol–water partition coefficient (Wildman–Crippen LogP) is 5.46. The zero-order chi connectivity index (χ0) is 21.8. The molecule has 0 aromatic rings. The number of carbonyl (C=O) groups is 2. The van der Waals surface area contributed by atoms with E-state index in [2.05, 4.69) is 52.2 Å². The Balaban J connectivity index is 2.84. The van der Waals surface area contributed by atoms with Crippen molar-refractivity contribution in [3.63, 3.8) is 0 Å². The summed E-state index contributed by atoms with van der Waals surface area (Å²) in [6.45, 7) is 19.9. The summed E-state index contributed by atoms with van der Waals surface area (Å²) in [5, 5.41) is 6.59. The van der Waals surface area contributed by atoms with Crippen LogP contribution in [-0.4, -0.2) is 24.4 Å². The fourth-order valence-electron chi connectivity index (χ4n) is 5.07. The summed E-state index contributed by atoms with van der Waals surface area (Å²) < 4.78 is 0. The van der Waals surface area contributed by atoms with Crippen LogP contribution >= 0.6 is 0 Å². The number of carbonyl (C=O) groups excluding carboxylic acids is 2. The predicted molar refractivity (Wildman–Crippen MR) is 118 cm³/mol. The molecule has 0 radical (unpaired) electrons. The van der Waals surface area contributed by atoms with Gasteiger partial charge in [0, 0.05) is 23.4 Å². The molecule has 1 fully saturated rings. The Kier molecular flexibility index (Phi) is 8.18. The SMILES string of the molecule is CCCC(C)(C)C(=O)NC1CC(C)(C)CC(C)(CNC(=O)C(C)(CC)CC)C1. The van der Waals surface area contributed by atoms with Gasteiger partial charge in [-0.15, -0.1) is 0 Å². The molecule has 2 unspecified atom stereocenters. The van der Waals surface area contributed by atoms with E-state index in [1.807, 2.05) is 20.8 Å². The van der Waals surface area contributed by atoms with Crippen molar-refractivity contribution in [2.24, 2.45) is 21.7 Å². The van der Waals surface area contributed by atoms with Gasteiger partial charge >= 0.3 is 0 Å². The van der Waals surface area contributed by atoms with Gasteiger partial charge in [-0.2, -0.15) is 0 Å². The van der Waals surface area contributed by atoms with Crippen LogP contribution in [-0.2, 0) is 9.59 Å². The van der Waals surface area contributed by atoms with E-state index in [1.54, 1.807) is 0 Å². The molecule has 0 spiro atoms. The third-order valence-electron chi connectivity index (χ3n) is 7.05. The van der Waals surface area contributed by atoms with Crippen molar-refractivity contribution in [3.8, 4) is 0 Å². The molecular formula is C24H46N2O2. The molecule has 0 bridgehead atoms. The lowest BCUT2D eigenvalue weighted by molar-refractivity contribution is -0.133. The maximum Gasteiger partial charge on any atom is 0.225 e. The summed E-state index contributed by atoms with van der Waals surface area (Å²) in [6.07, 6.45) is 6.57. The van der Waals surface area contributed by atoms with Gasteiger partial charge in [0.2, 0.25) is 11.8 Å². The minimum atomic E-state index is -0.328. The molecular weight excluding hydrogens is 348 g/mol. The summed E-state index contributed by atoms with van der Waals surface area (Å²) in [4.78, 5) is 25.6. The summed E-state index contributed by atoms with van der Waals surface area (Å²) in [7, 11) is 0. The second kappa shape index (κ2) is 9.17. The quantitative estimate of drug-likeness (QED) is 0.546. The van der Waals surface area contributed by atoms with Crippen LogP contribution in [0.1, 0.15) is 107 Å². The van der Waals surface area contributed by atoms with Gasteiger partial charge in [-0.25, -0.2) is 0 Å². The second-order valence-corrected chi connectivity index (χ2v) is 11.3. The van der Waals surface area contributed by atoms with Gasteiger partial charge in [-0.05, 0) is 49.4 Å². The van der Waals surface area contributed by atoms with Crippen molar-refractivity contribution >= 4 is 11.8 Å². The summed E-state index contributed by atoms with van der Waals surface area (Å²) >= 11 is 0. The molecule has 0 aromatic heterocycles. The van der Waals surface area contributed by atoms with Crippen LogP contribution in [0.25, 0.3) is 0 Å². The molecule has 164 valence electrons. The average Bonchev–Trinajstić information content (AvgIpc) is 2.57. The smallest absolute Gasteiger partial charge is 0.225 e. The van der Waals surface area contributed by atoms with Gasteiger partial charge in [-0.3, -0.25) is 9.59 Å². The minimum absolute atomic E-state index is 0.00729. The van der Waals surface area contributed by atoms with E-state index in [9.17, 15) is 9.59 Å². The van der Waals surface area contributed by atoms with E-state index in [-0.39, 0.29) is 39.5 Å². The van der Waals surface area contributed by atoms with Crippen LogP contribution in [0.2, 0.25) is 0 Å². The van der Waals surface area contributed by atoms with Crippen molar-refractivity contribution in [1.29, 1.82) is 0 Å². The first kappa shape index (κ1) is 25.0. The van der Waals surface area contributed by atoms with E-state index < -0.39 is 0 Å².